The second kappa shape index (κ2) is 7.65. The molecule has 1 aromatic heterocycles. The van der Waals surface area contributed by atoms with Crippen molar-refractivity contribution >= 4 is 42.8 Å². The summed E-state index contributed by atoms with van der Waals surface area (Å²) in [5.41, 5.74) is 13.0. The predicted molar refractivity (Wildman–Crippen MR) is 110 cm³/mol. The van der Waals surface area contributed by atoms with Crippen LogP contribution in [0.25, 0.3) is 10.2 Å². The lowest BCUT2D eigenvalue weighted by Crippen LogP contribution is -2.02. The van der Waals surface area contributed by atoms with Crippen molar-refractivity contribution in [2.75, 3.05) is 11.5 Å². The molecule has 4 rings (SSSR count). The number of nitrogens with one attached hydrogen (secondary N) is 1. The lowest BCUT2D eigenvalue weighted by Gasteiger charge is -2.05. The van der Waals surface area contributed by atoms with E-state index in [-0.39, 0.29) is 14.7 Å². The van der Waals surface area contributed by atoms with Gasteiger partial charge in [0.1, 0.15) is 0 Å². The normalized spacial score (nSPS) is 11.0. The van der Waals surface area contributed by atoms with Crippen LogP contribution in [0.15, 0.2) is 87.4 Å². The van der Waals surface area contributed by atoms with E-state index in [2.05, 4.69) is 4.98 Å². The number of aromatic amines is 1. The molecule has 8 heteroatoms. The quantitative estimate of drug-likeness (QED) is 0.447. The third-order valence-corrected chi connectivity index (χ3v) is 6.36. The van der Waals surface area contributed by atoms with Crippen LogP contribution in [0.4, 0.5) is 11.4 Å². The number of H-pyrrole nitrogens is 1. The molecule has 0 bridgehead atoms. The van der Waals surface area contributed by atoms with E-state index >= 15 is 0 Å². The summed E-state index contributed by atoms with van der Waals surface area (Å²) in [4.78, 5) is 13.9. The second-order valence-corrected chi connectivity index (χ2v) is 8.62. The highest BCUT2D eigenvalue weighted by Crippen LogP contribution is 2.22. The Kier molecular flexibility index (Phi) is 5.29. The molecular formula is C19H17N3O3S2. The lowest BCUT2D eigenvalue weighted by atomic mass is 10.3. The standard InChI is InChI=1S/C12H12N2O2S.C7H5NOS/c13-9-1-5-11(6-2-9)17(15,16)12-7-3-10(14)4-8-12;9-7-8-5-3-1-2-4-6(5)10-7/h1-8H,13-14H2;1-4H,(H,8,9). The zero-order valence-corrected chi connectivity index (χ0v) is 15.8. The van der Waals surface area contributed by atoms with Crippen molar-refractivity contribution in [1.82, 2.24) is 4.98 Å². The van der Waals surface area contributed by atoms with Crippen LogP contribution in [0.3, 0.4) is 0 Å². The van der Waals surface area contributed by atoms with Crippen LogP contribution in [0.1, 0.15) is 0 Å². The van der Waals surface area contributed by atoms with Gasteiger partial charge in [0, 0.05) is 11.4 Å². The zero-order chi connectivity index (χ0) is 19.4. The van der Waals surface area contributed by atoms with Crippen LogP contribution < -0.4 is 16.3 Å². The molecule has 6 nitrogen and oxygen atoms in total. The van der Waals surface area contributed by atoms with Gasteiger partial charge in [-0.15, -0.1) is 0 Å². The topological polar surface area (TPSA) is 119 Å². The molecule has 0 aliphatic heterocycles. The Labute approximate surface area is 160 Å². The number of hydrogen-bond acceptors (Lipinski definition) is 6. The van der Waals surface area contributed by atoms with E-state index in [0.29, 0.717) is 11.4 Å². The summed E-state index contributed by atoms with van der Waals surface area (Å²) in [6, 6.07) is 19.8. The van der Waals surface area contributed by atoms with E-state index in [1.54, 1.807) is 24.3 Å². The number of hydrogen-bond donors (Lipinski definition) is 3. The summed E-state index contributed by atoms with van der Waals surface area (Å²) >= 11 is 1.24. The largest absolute Gasteiger partial charge is 0.399 e. The Morgan fingerprint density at radius 2 is 1.22 bits per heavy atom. The first-order valence-electron chi connectivity index (χ1n) is 7.90. The van der Waals surface area contributed by atoms with E-state index in [1.165, 1.54) is 35.6 Å². The van der Waals surface area contributed by atoms with E-state index in [1.807, 2.05) is 24.3 Å². The number of nitrogens with two attached hydrogens (primary N) is 2. The molecule has 0 saturated carbocycles. The van der Waals surface area contributed by atoms with Crippen LogP contribution in [-0.4, -0.2) is 13.4 Å². The maximum absolute atomic E-state index is 12.2. The number of aromatic nitrogens is 1. The third kappa shape index (κ3) is 4.36. The predicted octanol–water partition coefficient (Wildman–Crippen LogP) is 3.27. The average molecular weight is 399 g/mol. The fourth-order valence-corrected chi connectivity index (χ4v) is 4.32. The number of sulfone groups is 1. The second-order valence-electron chi connectivity index (χ2n) is 5.65. The van der Waals surface area contributed by atoms with Crippen molar-refractivity contribution in [3.05, 3.63) is 82.5 Å². The van der Waals surface area contributed by atoms with Gasteiger partial charge in [-0.1, -0.05) is 23.5 Å². The van der Waals surface area contributed by atoms with Crippen LogP contribution >= 0.6 is 11.3 Å². The summed E-state index contributed by atoms with van der Waals surface area (Å²) in [6.45, 7) is 0. The molecule has 138 valence electrons. The summed E-state index contributed by atoms with van der Waals surface area (Å²) in [5.74, 6) is 0. The van der Waals surface area contributed by atoms with Crippen LogP contribution in [-0.2, 0) is 9.84 Å². The molecule has 0 atom stereocenters. The first-order chi connectivity index (χ1) is 12.9. The molecule has 1 heterocycles. The number of benzene rings is 3. The van der Waals surface area contributed by atoms with Gasteiger partial charge >= 0.3 is 4.87 Å². The fourth-order valence-electron chi connectivity index (χ4n) is 2.32. The third-order valence-electron chi connectivity index (χ3n) is 3.71. The number of thiazole rings is 1. The van der Waals surface area contributed by atoms with Gasteiger partial charge in [0.15, 0.2) is 0 Å². The number of para-hydroxylation sites is 1. The summed E-state index contributed by atoms with van der Waals surface area (Å²) < 4.78 is 25.4. The first kappa shape index (κ1) is 18.7. The van der Waals surface area contributed by atoms with Crippen molar-refractivity contribution in [2.24, 2.45) is 0 Å². The van der Waals surface area contributed by atoms with Gasteiger partial charge in [-0.3, -0.25) is 4.79 Å². The molecule has 0 spiro atoms. The van der Waals surface area contributed by atoms with Gasteiger partial charge < -0.3 is 16.5 Å². The molecule has 0 radical (unpaired) electrons. The van der Waals surface area contributed by atoms with Gasteiger partial charge in [0.25, 0.3) is 0 Å². The molecule has 0 fully saturated rings. The van der Waals surface area contributed by atoms with Crippen molar-refractivity contribution in [3.63, 3.8) is 0 Å². The van der Waals surface area contributed by atoms with Gasteiger partial charge in [0.05, 0.1) is 20.0 Å². The molecule has 4 aromatic rings. The van der Waals surface area contributed by atoms with Crippen LogP contribution in [0, 0.1) is 0 Å². The van der Waals surface area contributed by atoms with Gasteiger partial charge in [-0.05, 0) is 60.7 Å². The van der Waals surface area contributed by atoms with Gasteiger partial charge in [-0.25, -0.2) is 8.42 Å². The Morgan fingerprint density at radius 1 is 0.741 bits per heavy atom. The Bertz CT molecular complexity index is 1120. The summed E-state index contributed by atoms with van der Waals surface area (Å²) in [6.07, 6.45) is 0. The number of rotatable bonds is 2. The van der Waals surface area contributed by atoms with Crippen molar-refractivity contribution < 1.29 is 8.42 Å². The highest BCUT2D eigenvalue weighted by atomic mass is 32.2. The SMILES string of the molecule is Nc1ccc(S(=O)(=O)c2ccc(N)cc2)cc1.O=c1[nH]c2ccccc2s1. The highest BCUT2D eigenvalue weighted by molar-refractivity contribution is 7.91. The smallest absolute Gasteiger partial charge is 0.305 e. The van der Waals surface area contributed by atoms with E-state index in [0.717, 1.165) is 10.2 Å². The molecule has 0 amide bonds. The number of nitrogen functional groups attached to an aromatic ring is 2. The first-order valence-corrected chi connectivity index (χ1v) is 10.2. The molecule has 27 heavy (non-hydrogen) atoms. The average Bonchev–Trinajstić information content (AvgIpc) is 3.03. The molecular weight excluding hydrogens is 382 g/mol. The Balaban J connectivity index is 0.000000177. The number of fused-ring (bicyclic) bond motifs is 1. The molecule has 0 aliphatic rings. The van der Waals surface area contributed by atoms with Crippen molar-refractivity contribution in [3.8, 4) is 0 Å². The van der Waals surface area contributed by atoms with Gasteiger partial charge in [0.2, 0.25) is 9.84 Å². The minimum absolute atomic E-state index is 0.0150. The fraction of sp³-hybridized carbons (Fsp3) is 0. The zero-order valence-electron chi connectivity index (χ0n) is 14.1. The molecule has 5 N–H and O–H groups in total. The summed E-state index contributed by atoms with van der Waals surface area (Å²) in [7, 11) is -3.48. The van der Waals surface area contributed by atoms with Crippen molar-refractivity contribution in [1.29, 1.82) is 0 Å². The minimum Gasteiger partial charge on any atom is -0.399 e. The number of anilines is 2. The van der Waals surface area contributed by atoms with E-state index in [9.17, 15) is 13.2 Å². The maximum atomic E-state index is 12.2. The molecule has 0 aliphatic carbocycles. The lowest BCUT2D eigenvalue weighted by molar-refractivity contribution is 0.596. The molecule has 0 saturated heterocycles. The summed E-state index contributed by atoms with van der Waals surface area (Å²) in [5, 5.41) is 0. The van der Waals surface area contributed by atoms with E-state index < -0.39 is 9.84 Å². The minimum atomic E-state index is -3.48. The Hall–Kier alpha value is -3.10. The monoisotopic (exact) mass is 399 g/mol. The van der Waals surface area contributed by atoms with Gasteiger partial charge in [-0.2, -0.15) is 0 Å². The van der Waals surface area contributed by atoms with Crippen molar-refractivity contribution in [2.45, 2.75) is 9.79 Å². The molecule has 3 aromatic carbocycles. The maximum Gasteiger partial charge on any atom is 0.305 e. The highest BCUT2D eigenvalue weighted by Gasteiger charge is 2.16. The molecule has 0 unspecified atom stereocenters. The van der Waals surface area contributed by atoms with E-state index in [4.69, 9.17) is 11.5 Å². The Morgan fingerprint density at radius 3 is 1.70 bits per heavy atom. The van der Waals surface area contributed by atoms with Crippen LogP contribution in [0.5, 0.6) is 0 Å². The van der Waals surface area contributed by atoms with Crippen LogP contribution in [0.2, 0.25) is 0 Å².